The predicted molar refractivity (Wildman–Crippen MR) is 158 cm³/mol. The van der Waals surface area contributed by atoms with Gasteiger partial charge in [0.25, 0.3) is 5.91 Å². The summed E-state index contributed by atoms with van der Waals surface area (Å²) in [5.74, 6) is -2.01. The molecule has 2 aromatic carbocycles. The zero-order chi connectivity index (χ0) is 31.2. The number of hydrogen-bond donors (Lipinski definition) is 3. The van der Waals surface area contributed by atoms with E-state index in [1.807, 2.05) is 37.3 Å². The number of amides is 3. The van der Waals surface area contributed by atoms with Crippen molar-refractivity contribution in [2.24, 2.45) is 5.92 Å². The molecule has 11 heteroatoms. The van der Waals surface area contributed by atoms with Crippen molar-refractivity contribution in [3.05, 3.63) is 77.6 Å². The van der Waals surface area contributed by atoms with E-state index in [0.717, 1.165) is 24.8 Å². The third-order valence-electron chi connectivity index (χ3n) is 6.96. The molecular weight excluding hydrogens is 554 g/mol. The predicted octanol–water partition coefficient (Wildman–Crippen LogP) is 4.81. The first kappa shape index (κ1) is 32.9. The minimum atomic E-state index is -0.630. The van der Waals surface area contributed by atoms with Gasteiger partial charge < -0.3 is 24.9 Å². The molecule has 230 valence electrons. The Kier molecular flexibility index (Phi) is 12.8. The highest BCUT2D eigenvalue weighted by atomic mass is 16.7. The molecule has 2 atom stereocenters. The Balaban J connectivity index is 1.63. The SMILES string of the molecule is CCCCCC(C(=O)NCNC(=O)c1ccc(-c2cc(O)cc(C(=O)OC)c2)o1)C(CC)N(C=O)OCc1ccccc1. The molecular formula is C32H39N3O8. The summed E-state index contributed by atoms with van der Waals surface area (Å²) in [6, 6.07) is 16.0. The van der Waals surface area contributed by atoms with Crippen molar-refractivity contribution in [3.8, 4) is 17.1 Å². The smallest absolute Gasteiger partial charge is 0.338 e. The maximum atomic E-state index is 13.3. The fourth-order valence-electron chi connectivity index (χ4n) is 4.72. The lowest BCUT2D eigenvalue weighted by atomic mass is 9.90. The fraction of sp³-hybridized carbons (Fsp3) is 0.375. The number of phenolic OH excluding ortho intramolecular Hbond substituents is 1. The summed E-state index contributed by atoms with van der Waals surface area (Å²) in [5.41, 5.74) is 1.40. The number of aromatic hydroxyl groups is 1. The number of rotatable bonds is 17. The second-order valence-electron chi connectivity index (χ2n) is 9.95. The Labute approximate surface area is 251 Å². The molecule has 0 radical (unpaired) electrons. The third kappa shape index (κ3) is 9.44. The third-order valence-corrected chi connectivity index (χ3v) is 6.96. The highest BCUT2D eigenvalue weighted by Crippen LogP contribution is 2.28. The number of carbonyl (C=O) groups is 4. The summed E-state index contributed by atoms with van der Waals surface area (Å²) in [6.07, 6.45) is 4.35. The summed E-state index contributed by atoms with van der Waals surface area (Å²) in [7, 11) is 1.23. The first-order valence-corrected chi connectivity index (χ1v) is 14.3. The minimum Gasteiger partial charge on any atom is -0.508 e. The van der Waals surface area contributed by atoms with Crippen LogP contribution in [0.3, 0.4) is 0 Å². The van der Waals surface area contributed by atoms with E-state index in [4.69, 9.17) is 14.0 Å². The summed E-state index contributed by atoms with van der Waals surface area (Å²) >= 11 is 0. The van der Waals surface area contributed by atoms with Gasteiger partial charge in [0.2, 0.25) is 12.3 Å². The van der Waals surface area contributed by atoms with Crippen molar-refractivity contribution < 1.29 is 38.3 Å². The molecule has 0 saturated carbocycles. The molecule has 3 N–H and O–H groups in total. The Morgan fingerprint density at radius 2 is 1.79 bits per heavy atom. The van der Waals surface area contributed by atoms with E-state index >= 15 is 0 Å². The maximum Gasteiger partial charge on any atom is 0.338 e. The molecule has 2 unspecified atom stereocenters. The minimum absolute atomic E-state index is 0.0282. The van der Waals surface area contributed by atoms with Gasteiger partial charge in [-0.15, -0.1) is 0 Å². The van der Waals surface area contributed by atoms with Gasteiger partial charge in [-0.2, -0.15) is 0 Å². The molecule has 0 saturated heterocycles. The van der Waals surface area contributed by atoms with Crippen LogP contribution in [0.1, 0.15) is 72.4 Å². The van der Waals surface area contributed by atoms with E-state index in [-0.39, 0.29) is 42.0 Å². The number of ether oxygens (including phenoxy) is 1. The average Bonchev–Trinajstić information content (AvgIpc) is 3.52. The van der Waals surface area contributed by atoms with Crippen LogP contribution in [0.15, 0.2) is 65.1 Å². The summed E-state index contributed by atoms with van der Waals surface area (Å²) < 4.78 is 10.3. The molecule has 11 nitrogen and oxygen atoms in total. The maximum absolute atomic E-state index is 13.3. The summed E-state index contributed by atoms with van der Waals surface area (Å²) in [4.78, 5) is 55.8. The molecule has 1 heterocycles. The van der Waals surface area contributed by atoms with Crippen LogP contribution in [0.5, 0.6) is 5.75 Å². The van der Waals surface area contributed by atoms with Gasteiger partial charge in [-0.25, -0.2) is 9.86 Å². The lowest BCUT2D eigenvalue weighted by Gasteiger charge is -2.32. The number of furan rings is 1. The number of nitrogens with one attached hydrogen (secondary N) is 2. The Morgan fingerprint density at radius 3 is 2.47 bits per heavy atom. The normalized spacial score (nSPS) is 12.2. The molecule has 3 aromatic rings. The summed E-state index contributed by atoms with van der Waals surface area (Å²) in [6.45, 7) is 3.98. The molecule has 0 fully saturated rings. The van der Waals surface area contributed by atoms with Crippen molar-refractivity contribution in [3.63, 3.8) is 0 Å². The molecule has 0 aliphatic rings. The van der Waals surface area contributed by atoms with Crippen LogP contribution in [0, 0.1) is 5.92 Å². The largest absolute Gasteiger partial charge is 0.508 e. The Hall–Kier alpha value is -4.64. The molecule has 43 heavy (non-hydrogen) atoms. The number of esters is 1. The molecule has 0 aliphatic heterocycles. The lowest BCUT2D eigenvalue weighted by Crippen LogP contribution is -2.48. The van der Waals surface area contributed by atoms with Gasteiger partial charge in [0.15, 0.2) is 5.76 Å². The quantitative estimate of drug-likeness (QED) is 0.0664. The van der Waals surface area contributed by atoms with Gasteiger partial charge in [-0.05, 0) is 48.7 Å². The van der Waals surface area contributed by atoms with Crippen LogP contribution in [-0.4, -0.2) is 54.2 Å². The number of nitrogens with zero attached hydrogens (tertiary/aromatic N) is 1. The monoisotopic (exact) mass is 593 g/mol. The lowest BCUT2D eigenvalue weighted by molar-refractivity contribution is -0.200. The number of hydrogen-bond acceptors (Lipinski definition) is 8. The number of carbonyl (C=O) groups excluding carboxylic acids is 4. The van der Waals surface area contributed by atoms with Crippen LogP contribution in [0.4, 0.5) is 0 Å². The first-order valence-electron chi connectivity index (χ1n) is 14.3. The van der Waals surface area contributed by atoms with Gasteiger partial charge >= 0.3 is 5.97 Å². The van der Waals surface area contributed by atoms with E-state index in [2.05, 4.69) is 17.6 Å². The van der Waals surface area contributed by atoms with E-state index < -0.39 is 23.8 Å². The Bertz CT molecular complexity index is 1360. The van der Waals surface area contributed by atoms with Gasteiger partial charge in [-0.1, -0.05) is 63.4 Å². The highest BCUT2D eigenvalue weighted by Gasteiger charge is 2.32. The summed E-state index contributed by atoms with van der Waals surface area (Å²) in [5, 5.41) is 16.6. The van der Waals surface area contributed by atoms with Gasteiger partial charge in [0.1, 0.15) is 18.1 Å². The van der Waals surface area contributed by atoms with Crippen LogP contribution >= 0.6 is 0 Å². The zero-order valence-electron chi connectivity index (χ0n) is 24.7. The van der Waals surface area contributed by atoms with Crippen LogP contribution in [0.25, 0.3) is 11.3 Å². The van der Waals surface area contributed by atoms with Crippen LogP contribution in [-0.2, 0) is 25.8 Å². The van der Waals surface area contributed by atoms with E-state index in [0.29, 0.717) is 24.8 Å². The van der Waals surface area contributed by atoms with Gasteiger partial charge in [-0.3, -0.25) is 19.2 Å². The Morgan fingerprint density at radius 1 is 1.02 bits per heavy atom. The molecule has 0 bridgehead atoms. The highest BCUT2D eigenvalue weighted by molar-refractivity contribution is 5.93. The van der Waals surface area contributed by atoms with Crippen molar-refractivity contribution in [1.82, 2.24) is 15.7 Å². The van der Waals surface area contributed by atoms with E-state index in [1.54, 1.807) is 0 Å². The van der Waals surface area contributed by atoms with Crippen molar-refractivity contribution in [1.29, 1.82) is 0 Å². The second kappa shape index (κ2) is 16.7. The van der Waals surface area contributed by atoms with E-state index in [9.17, 15) is 24.3 Å². The number of unbranched alkanes of at least 4 members (excludes halogenated alkanes) is 2. The average molecular weight is 594 g/mol. The van der Waals surface area contributed by atoms with Crippen molar-refractivity contribution in [2.45, 2.75) is 58.6 Å². The van der Waals surface area contributed by atoms with Crippen LogP contribution in [0.2, 0.25) is 0 Å². The number of hydroxylamine groups is 2. The molecule has 3 amide bonds. The number of methoxy groups -OCH3 is 1. The molecule has 0 aliphatic carbocycles. The first-order chi connectivity index (χ1) is 20.8. The van der Waals surface area contributed by atoms with Crippen molar-refractivity contribution in [2.75, 3.05) is 13.8 Å². The van der Waals surface area contributed by atoms with Gasteiger partial charge in [0.05, 0.1) is 31.3 Å². The molecule has 1 aromatic heterocycles. The second-order valence-corrected chi connectivity index (χ2v) is 9.95. The van der Waals surface area contributed by atoms with Crippen molar-refractivity contribution >= 4 is 24.2 Å². The zero-order valence-corrected chi connectivity index (χ0v) is 24.7. The standard InChI is InChI=1S/C32H39N3O8/c1-4-6-8-13-26(27(5-2)35(21-36)42-19-22-11-9-7-10-12-22)30(38)33-20-34-31(39)29-15-14-28(43-29)23-16-24(32(40)41-3)18-25(37)17-23/h7,9-12,14-18,21,26-27,37H,4-6,8,13,19-20H2,1-3H3,(H,33,38)(H,34,39). The topological polar surface area (TPSA) is 147 Å². The molecule has 3 rings (SSSR count). The molecule has 0 spiro atoms. The fourth-order valence-corrected chi connectivity index (χ4v) is 4.72. The van der Waals surface area contributed by atoms with Gasteiger partial charge in [0, 0.05) is 5.56 Å². The number of benzene rings is 2. The van der Waals surface area contributed by atoms with E-state index in [1.165, 1.54) is 42.5 Å². The number of phenols is 1. The van der Waals surface area contributed by atoms with Crippen LogP contribution < -0.4 is 10.6 Å².